The minimum Gasteiger partial charge on any atom is -0.489 e. The molecule has 30 heavy (non-hydrogen) atoms. The molecule has 1 aliphatic rings. The second kappa shape index (κ2) is 10.4. The van der Waals surface area contributed by atoms with Crippen LogP contribution in [0.25, 0.3) is 5.70 Å². The van der Waals surface area contributed by atoms with E-state index in [9.17, 15) is 13.6 Å². The van der Waals surface area contributed by atoms with Crippen molar-refractivity contribution in [1.29, 1.82) is 0 Å². The molecule has 2 rings (SSSR count). The van der Waals surface area contributed by atoms with Crippen molar-refractivity contribution in [3.8, 4) is 5.75 Å². The van der Waals surface area contributed by atoms with Crippen LogP contribution in [0.1, 0.15) is 50.4 Å². The number of hydrogen-bond acceptors (Lipinski definition) is 7. The number of hydrazine groups is 1. The van der Waals surface area contributed by atoms with Gasteiger partial charge in [-0.1, -0.05) is 6.42 Å². The summed E-state index contributed by atoms with van der Waals surface area (Å²) in [5.41, 5.74) is 7.97. The largest absolute Gasteiger partial charge is 0.489 e. The van der Waals surface area contributed by atoms with Crippen molar-refractivity contribution in [2.45, 2.75) is 58.0 Å². The molecule has 1 aliphatic carbocycles. The molecule has 0 saturated heterocycles. The van der Waals surface area contributed by atoms with Crippen LogP contribution >= 0.6 is 0 Å². The Kier molecular flexibility index (Phi) is 8.22. The van der Waals surface area contributed by atoms with E-state index in [1.807, 2.05) is 13.0 Å². The quantitative estimate of drug-likeness (QED) is 0.431. The van der Waals surface area contributed by atoms with E-state index in [4.69, 9.17) is 16.3 Å². The highest BCUT2D eigenvalue weighted by Crippen LogP contribution is 2.26. The molecule has 10 heteroatoms. The third-order valence-electron chi connectivity index (χ3n) is 4.75. The molecule has 0 atom stereocenters. The van der Waals surface area contributed by atoms with Gasteiger partial charge in [0.25, 0.3) is 5.92 Å². The Morgan fingerprint density at radius 3 is 2.57 bits per heavy atom. The van der Waals surface area contributed by atoms with Crippen LogP contribution in [-0.2, 0) is 4.74 Å². The van der Waals surface area contributed by atoms with Crippen LogP contribution in [0, 0.1) is 6.92 Å². The SMILES string of the molecule is Cc1nc(/C(N)=C(\CNC(=O)OCC(C)(F)F)N(C)N)ccc1OC1CCCCC1. The number of aromatic nitrogens is 1. The van der Waals surface area contributed by atoms with Gasteiger partial charge in [0.05, 0.1) is 35.4 Å². The Labute approximate surface area is 175 Å². The van der Waals surface area contributed by atoms with E-state index in [2.05, 4.69) is 15.0 Å². The highest BCUT2D eigenvalue weighted by Gasteiger charge is 2.24. The van der Waals surface area contributed by atoms with E-state index in [0.717, 1.165) is 12.8 Å². The molecular formula is C20H31F2N5O3. The molecule has 1 amide bonds. The first-order valence-corrected chi connectivity index (χ1v) is 9.97. The predicted molar refractivity (Wildman–Crippen MR) is 110 cm³/mol. The van der Waals surface area contributed by atoms with Gasteiger partial charge in [-0.15, -0.1) is 0 Å². The van der Waals surface area contributed by atoms with Crippen LogP contribution in [0.3, 0.4) is 0 Å². The number of carbonyl (C=O) groups excluding carboxylic acids is 1. The summed E-state index contributed by atoms with van der Waals surface area (Å²) in [5.74, 6) is 3.43. The number of carbonyl (C=O) groups is 1. The molecule has 0 aromatic carbocycles. The van der Waals surface area contributed by atoms with Gasteiger partial charge in [0.1, 0.15) is 5.75 Å². The first-order chi connectivity index (χ1) is 14.1. The summed E-state index contributed by atoms with van der Waals surface area (Å²) < 4.78 is 36.1. The Morgan fingerprint density at radius 1 is 1.33 bits per heavy atom. The van der Waals surface area contributed by atoms with Gasteiger partial charge in [-0.25, -0.2) is 24.4 Å². The van der Waals surface area contributed by atoms with Crippen LogP contribution in [0.5, 0.6) is 5.75 Å². The second-order valence-corrected chi connectivity index (χ2v) is 7.63. The molecule has 0 unspecified atom stereocenters. The number of hydrogen-bond donors (Lipinski definition) is 3. The lowest BCUT2D eigenvalue weighted by molar-refractivity contribution is -0.0384. The molecule has 1 fully saturated rings. The van der Waals surface area contributed by atoms with Gasteiger partial charge in [-0.2, -0.15) is 0 Å². The topological polar surface area (TPSA) is 116 Å². The van der Waals surface area contributed by atoms with Crippen LogP contribution in [-0.4, -0.2) is 48.3 Å². The number of nitrogens with zero attached hydrogens (tertiary/aromatic N) is 2. The number of alkyl carbamates (subject to hydrolysis) is 1. The average Bonchev–Trinajstić information content (AvgIpc) is 2.68. The molecule has 0 radical (unpaired) electrons. The number of nitrogens with two attached hydrogens (primary N) is 2. The zero-order valence-electron chi connectivity index (χ0n) is 17.7. The highest BCUT2D eigenvalue weighted by molar-refractivity contribution is 5.69. The summed E-state index contributed by atoms with van der Waals surface area (Å²) in [6.45, 7) is 1.36. The summed E-state index contributed by atoms with van der Waals surface area (Å²) in [5, 5.41) is 3.59. The van der Waals surface area contributed by atoms with Crippen molar-refractivity contribution in [1.82, 2.24) is 15.3 Å². The lowest BCUT2D eigenvalue weighted by atomic mass is 9.98. The number of aryl methyl sites for hydroxylation is 1. The van der Waals surface area contributed by atoms with Crippen molar-refractivity contribution in [2.75, 3.05) is 20.2 Å². The summed E-state index contributed by atoms with van der Waals surface area (Å²) in [6.07, 6.45) is 4.87. The number of rotatable bonds is 8. The lowest BCUT2D eigenvalue weighted by Crippen LogP contribution is -2.37. The molecule has 0 aliphatic heterocycles. The van der Waals surface area contributed by atoms with Crippen molar-refractivity contribution < 1.29 is 23.0 Å². The van der Waals surface area contributed by atoms with E-state index in [-0.39, 0.29) is 18.3 Å². The smallest absolute Gasteiger partial charge is 0.407 e. The van der Waals surface area contributed by atoms with E-state index in [1.165, 1.54) is 24.3 Å². The number of alkyl halides is 2. The Bertz CT molecular complexity index is 759. The van der Waals surface area contributed by atoms with Crippen molar-refractivity contribution in [2.24, 2.45) is 11.6 Å². The van der Waals surface area contributed by atoms with Crippen LogP contribution in [0.2, 0.25) is 0 Å². The lowest BCUT2D eigenvalue weighted by Gasteiger charge is -2.24. The average molecular weight is 427 g/mol. The molecule has 0 bridgehead atoms. The standard InChI is InChI=1S/C20H31F2N5O3/c1-13-17(30-14-7-5-4-6-8-14)10-9-15(26-13)18(23)16(27(3)24)11-25-19(28)29-12-20(2,21)22/h9-10,14H,4-8,11-12,23-24H2,1-3H3,(H,25,28)/b18-16-. The molecule has 0 spiro atoms. The molecule has 1 aromatic rings. The van der Waals surface area contributed by atoms with Gasteiger partial charge in [0, 0.05) is 14.0 Å². The molecule has 168 valence electrons. The highest BCUT2D eigenvalue weighted by atomic mass is 19.3. The Balaban J connectivity index is 2.07. The van der Waals surface area contributed by atoms with E-state index in [1.54, 1.807) is 13.1 Å². The van der Waals surface area contributed by atoms with Crippen LogP contribution < -0.4 is 21.6 Å². The summed E-state index contributed by atoms with van der Waals surface area (Å²) in [6, 6.07) is 3.54. The number of ether oxygens (including phenoxy) is 2. The monoisotopic (exact) mass is 427 g/mol. The summed E-state index contributed by atoms with van der Waals surface area (Å²) in [7, 11) is 1.54. The maximum absolute atomic E-state index is 12.8. The minimum atomic E-state index is -3.11. The fourth-order valence-electron chi connectivity index (χ4n) is 3.14. The molecule has 1 aromatic heterocycles. The zero-order valence-corrected chi connectivity index (χ0v) is 17.7. The van der Waals surface area contributed by atoms with Crippen molar-refractivity contribution in [3.05, 3.63) is 29.2 Å². The van der Waals surface area contributed by atoms with Gasteiger partial charge in [0.2, 0.25) is 0 Å². The van der Waals surface area contributed by atoms with Crippen molar-refractivity contribution in [3.63, 3.8) is 0 Å². The molecule has 1 saturated carbocycles. The number of nitrogens with one attached hydrogen (secondary N) is 1. The van der Waals surface area contributed by atoms with Gasteiger partial charge in [-0.05, 0) is 44.7 Å². The minimum absolute atomic E-state index is 0.117. The second-order valence-electron chi connectivity index (χ2n) is 7.63. The Morgan fingerprint density at radius 2 is 2.00 bits per heavy atom. The fourth-order valence-corrected chi connectivity index (χ4v) is 3.14. The van der Waals surface area contributed by atoms with Gasteiger partial charge in [0.15, 0.2) is 6.61 Å². The normalized spacial score (nSPS) is 15.9. The first-order valence-electron chi connectivity index (χ1n) is 9.97. The maximum Gasteiger partial charge on any atom is 0.407 e. The predicted octanol–water partition coefficient (Wildman–Crippen LogP) is 2.92. The van der Waals surface area contributed by atoms with Crippen molar-refractivity contribution >= 4 is 11.8 Å². The van der Waals surface area contributed by atoms with E-state index >= 15 is 0 Å². The maximum atomic E-state index is 12.8. The summed E-state index contributed by atoms with van der Waals surface area (Å²) >= 11 is 0. The number of pyridine rings is 1. The van der Waals surface area contributed by atoms with E-state index < -0.39 is 18.6 Å². The summed E-state index contributed by atoms with van der Waals surface area (Å²) in [4.78, 5) is 16.1. The van der Waals surface area contributed by atoms with Gasteiger partial charge in [-0.3, -0.25) is 0 Å². The van der Waals surface area contributed by atoms with Gasteiger partial charge >= 0.3 is 6.09 Å². The third kappa shape index (κ3) is 7.33. The van der Waals surface area contributed by atoms with Crippen LogP contribution in [0.15, 0.2) is 17.8 Å². The fraction of sp³-hybridized carbons (Fsp3) is 0.600. The van der Waals surface area contributed by atoms with Crippen LogP contribution in [0.4, 0.5) is 13.6 Å². The first kappa shape index (κ1) is 23.7. The third-order valence-corrected chi connectivity index (χ3v) is 4.75. The Hall–Kier alpha value is -2.62. The molecule has 8 nitrogen and oxygen atoms in total. The number of halogens is 2. The van der Waals surface area contributed by atoms with Gasteiger partial charge < -0.3 is 25.5 Å². The number of likely N-dealkylation sites (N-methyl/N-ethyl adjacent to an activating group) is 1. The zero-order chi connectivity index (χ0) is 22.3. The van der Waals surface area contributed by atoms with E-state index in [0.29, 0.717) is 29.8 Å². The molecule has 5 N–H and O–H groups in total. The molecule has 1 heterocycles. The molecular weight excluding hydrogens is 396 g/mol. The number of amides is 1.